The van der Waals surface area contributed by atoms with Crippen molar-refractivity contribution in [3.63, 3.8) is 0 Å². The molecule has 1 aliphatic rings. The topological polar surface area (TPSA) is 38.7 Å². The molecule has 2 aromatic rings. The summed E-state index contributed by atoms with van der Waals surface area (Å²) < 4.78 is 5.25. The van der Waals surface area contributed by atoms with Crippen molar-refractivity contribution in [3.8, 4) is 5.75 Å². The number of fused-ring (bicyclic) bond motifs is 1. The van der Waals surface area contributed by atoms with Crippen molar-refractivity contribution in [1.29, 1.82) is 0 Å². The lowest BCUT2D eigenvalue weighted by Crippen LogP contribution is -2.12. The predicted molar refractivity (Wildman–Crippen MR) is 86.5 cm³/mol. The Morgan fingerprint density at radius 2 is 1.90 bits per heavy atom. The summed E-state index contributed by atoms with van der Waals surface area (Å²) >= 11 is 1.18. The number of carbonyl (C=O) groups is 1. The van der Waals surface area contributed by atoms with Gasteiger partial charge in [-0.1, -0.05) is 36.4 Å². The van der Waals surface area contributed by atoms with Gasteiger partial charge in [0.1, 0.15) is 10.8 Å². The summed E-state index contributed by atoms with van der Waals surface area (Å²) in [6.45, 7) is 0.735. The van der Waals surface area contributed by atoms with Crippen molar-refractivity contribution in [3.05, 3.63) is 65.2 Å². The van der Waals surface area contributed by atoms with Crippen LogP contribution in [0.3, 0.4) is 0 Å². The molecule has 0 N–H and O–H groups in total. The second-order valence-electron chi connectivity index (χ2n) is 4.68. The fourth-order valence-corrected chi connectivity index (χ4v) is 3.27. The van der Waals surface area contributed by atoms with Gasteiger partial charge in [0.15, 0.2) is 0 Å². The third-order valence-corrected chi connectivity index (χ3v) is 4.35. The highest BCUT2D eigenvalue weighted by molar-refractivity contribution is 8.27. The molecule has 4 heteroatoms. The van der Waals surface area contributed by atoms with E-state index in [2.05, 4.69) is 11.1 Å². The number of aliphatic imine (C=N–C) groups is 1. The molecular weight excluding hydrogens is 282 g/mol. The van der Waals surface area contributed by atoms with Crippen molar-refractivity contribution in [2.45, 2.75) is 6.42 Å². The summed E-state index contributed by atoms with van der Waals surface area (Å²) in [5.41, 5.74) is 2.90. The highest BCUT2D eigenvalue weighted by Crippen LogP contribution is 2.28. The molecule has 0 atom stereocenters. The number of carbonyl (C=O) groups excluding carboxylic acids is 1. The largest absolute Gasteiger partial charge is 0.496 e. The number of hydrogen-bond acceptors (Lipinski definition) is 4. The predicted octanol–water partition coefficient (Wildman–Crippen LogP) is 3.57. The maximum Gasteiger partial charge on any atom is 0.229 e. The van der Waals surface area contributed by atoms with Crippen LogP contribution in [0.25, 0.3) is 0 Å². The van der Waals surface area contributed by atoms with Gasteiger partial charge in [0.25, 0.3) is 0 Å². The third-order valence-electron chi connectivity index (χ3n) is 3.40. The number of para-hydroxylation sites is 1. The molecule has 3 nitrogen and oxygen atoms in total. The third kappa shape index (κ3) is 2.85. The van der Waals surface area contributed by atoms with E-state index >= 15 is 0 Å². The van der Waals surface area contributed by atoms with Crippen molar-refractivity contribution >= 4 is 21.9 Å². The summed E-state index contributed by atoms with van der Waals surface area (Å²) in [6.07, 6.45) is 0.934. The molecule has 0 aromatic heterocycles. The minimum absolute atomic E-state index is 0.0390. The number of methoxy groups -OCH3 is 1. The Morgan fingerprint density at radius 1 is 1.14 bits per heavy atom. The standard InChI is InChI=1S/C17H15NO2S/c1-20-15-9-5-4-8-14(15)17(19)21-16-13-7-3-2-6-12(13)10-11-18-16/h2-9H,10-11H2,1H3. The molecule has 106 valence electrons. The van der Waals surface area contributed by atoms with Crippen LogP contribution in [0.2, 0.25) is 0 Å². The van der Waals surface area contributed by atoms with Gasteiger partial charge in [-0.3, -0.25) is 9.79 Å². The van der Waals surface area contributed by atoms with E-state index in [9.17, 15) is 4.79 Å². The lowest BCUT2D eigenvalue weighted by Gasteiger charge is -2.16. The molecule has 0 bridgehead atoms. The molecule has 0 aliphatic carbocycles. The average molecular weight is 297 g/mol. The Bertz CT molecular complexity index is 709. The minimum atomic E-state index is -0.0390. The summed E-state index contributed by atoms with van der Waals surface area (Å²) in [4.78, 5) is 17.0. The zero-order chi connectivity index (χ0) is 14.7. The van der Waals surface area contributed by atoms with E-state index in [1.165, 1.54) is 17.3 Å². The highest BCUT2D eigenvalue weighted by Gasteiger charge is 2.20. The van der Waals surface area contributed by atoms with Crippen molar-refractivity contribution in [2.75, 3.05) is 13.7 Å². The number of nitrogens with zero attached hydrogens (tertiary/aromatic N) is 1. The zero-order valence-electron chi connectivity index (χ0n) is 11.7. The van der Waals surface area contributed by atoms with Gasteiger partial charge in [-0.25, -0.2) is 0 Å². The van der Waals surface area contributed by atoms with E-state index in [-0.39, 0.29) is 5.12 Å². The molecule has 0 saturated heterocycles. The molecule has 0 amide bonds. The molecule has 0 fully saturated rings. The number of ether oxygens (including phenoxy) is 1. The molecule has 2 aromatic carbocycles. The van der Waals surface area contributed by atoms with E-state index in [1.807, 2.05) is 30.3 Å². The zero-order valence-corrected chi connectivity index (χ0v) is 12.5. The number of hydrogen-bond donors (Lipinski definition) is 0. The maximum absolute atomic E-state index is 12.5. The van der Waals surface area contributed by atoms with Crippen LogP contribution in [0.5, 0.6) is 5.75 Å². The maximum atomic E-state index is 12.5. The summed E-state index contributed by atoms with van der Waals surface area (Å²) in [6, 6.07) is 15.4. The minimum Gasteiger partial charge on any atom is -0.496 e. The second kappa shape index (κ2) is 6.14. The molecule has 0 unspecified atom stereocenters. The smallest absolute Gasteiger partial charge is 0.229 e. The monoisotopic (exact) mass is 297 g/mol. The van der Waals surface area contributed by atoms with Crippen LogP contribution >= 0.6 is 11.8 Å². The van der Waals surface area contributed by atoms with Crippen LogP contribution in [0.15, 0.2) is 53.5 Å². The van der Waals surface area contributed by atoms with E-state index < -0.39 is 0 Å². The van der Waals surface area contributed by atoms with Gasteiger partial charge >= 0.3 is 0 Å². The van der Waals surface area contributed by atoms with Gasteiger partial charge in [-0.2, -0.15) is 0 Å². The average Bonchev–Trinajstić information content (AvgIpc) is 2.55. The first-order valence-corrected chi connectivity index (χ1v) is 7.59. The molecule has 21 heavy (non-hydrogen) atoms. The van der Waals surface area contributed by atoms with Crippen molar-refractivity contribution < 1.29 is 9.53 Å². The first kappa shape index (κ1) is 13.9. The first-order chi connectivity index (χ1) is 10.3. The van der Waals surface area contributed by atoms with Gasteiger partial charge in [0, 0.05) is 12.1 Å². The Labute approximate surface area is 128 Å². The van der Waals surface area contributed by atoms with Crippen LogP contribution in [0, 0.1) is 0 Å². The van der Waals surface area contributed by atoms with E-state index in [4.69, 9.17) is 4.74 Å². The molecule has 0 saturated carbocycles. The Balaban J connectivity index is 1.87. The van der Waals surface area contributed by atoms with Gasteiger partial charge in [-0.05, 0) is 35.9 Å². The van der Waals surface area contributed by atoms with Crippen LogP contribution in [0.4, 0.5) is 0 Å². The second-order valence-corrected chi connectivity index (χ2v) is 5.65. The van der Waals surface area contributed by atoms with Crippen LogP contribution in [-0.4, -0.2) is 23.8 Å². The summed E-state index contributed by atoms with van der Waals surface area (Å²) in [5.74, 6) is 0.597. The fourth-order valence-electron chi connectivity index (χ4n) is 2.35. The molecule has 0 spiro atoms. The number of benzene rings is 2. The van der Waals surface area contributed by atoms with Crippen LogP contribution in [-0.2, 0) is 6.42 Å². The molecule has 3 rings (SSSR count). The van der Waals surface area contributed by atoms with Crippen molar-refractivity contribution in [1.82, 2.24) is 0 Å². The van der Waals surface area contributed by atoms with E-state index in [0.717, 1.165) is 23.6 Å². The number of rotatable bonds is 2. The molecular formula is C17H15NO2S. The number of thioether (sulfide) groups is 1. The Morgan fingerprint density at radius 3 is 2.76 bits per heavy atom. The quantitative estimate of drug-likeness (QED) is 0.850. The highest BCUT2D eigenvalue weighted by atomic mass is 32.2. The fraction of sp³-hybridized carbons (Fsp3) is 0.176. The van der Waals surface area contributed by atoms with Crippen LogP contribution < -0.4 is 4.74 Å². The Kier molecular flexibility index (Phi) is 4.06. The van der Waals surface area contributed by atoms with E-state index in [0.29, 0.717) is 11.3 Å². The SMILES string of the molecule is COc1ccccc1C(=O)SC1=NCCc2ccccc21. The summed E-state index contributed by atoms with van der Waals surface area (Å²) in [7, 11) is 1.57. The van der Waals surface area contributed by atoms with Gasteiger partial charge in [0.2, 0.25) is 5.12 Å². The molecule has 1 aliphatic heterocycles. The van der Waals surface area contributed by atoms with Crippen LogP contribution in [0.1, 0.15) is 21.5 Å². The first-order valence-electron chi connectivity index (χ1n) is 6.77. The lowest BCUT2D eigenvalue weighted by atomic mass is 10.0. The van der Waals surface area contributed by atoms with Gasteiger partial charge in [0.05, 0.1) is 12.7 Å². The van der Waals surface area contributed by atoms with Gasteiger partial charge < -0.3 is 4.74 Å². The Hall–Kier alpha value is -2.07. The van der Waals surface area contributed by atoms with E-state index in [1.54, 1.807) is 19.2 Å². The molecule has 0 radical (unpaired) electrons. The molecule has 1 heterocycles. The normalized spacial score (nSPS) is 13.3. The lowest BCUT2D eigenvalue weighted by molar-refractivity contribution is 0.108. The van der Waals surface area contributed by atoms with Gasteiger partial charge in [-0.15, -0.1) is 0 Å². The summed E-state index contributed by atoms with van der Waals surface area (Å²) in [5, 5.41) is 0.760. The van der Waals surface area contributed by atoms with Crippen molar-refractivity contribution in [2.24, 2.45) is 4.99 Å².